The van der Waals surface area contributed by atoms with Crippen LogP contribution in [0.1, 0.15) is 10.4 Å². The zero-order valence-corrected chi connectivity index (χ0v) is 9.70. The molecule has 0 unspecified atom stereocenters. The van der Waals surface area contributed by atoms with Gasteiger partial charge in [0.1, 0.15) is 5.82 Å². The summed E-state index contributed by atoms with van der Waals surface area (Å²) in [4.78, 5) is 29.4. The van der Waals surface area contributed by atoms with Gasteiger partial charge in [-0.3, -0.25) is 0 Å². The second-order valence-corrected chi connectivity index (χ2v) is 3.99. The number of carbonyl (C=O) groups is 1. The van der Waals surface area contributed by atoms with Crippen LogP contribution in [0.2, 0.25) is 0 Å². The van der Waals surface area contributed by atoms with Gasteiger partial charge in [-0.25, -0.2) is 19.1 Å². The molecule has 0 saturated carbocycles. The average molecular weight is 255 g/mol. The number of hydrogen-bond acceptors (Lipinski definition) is 3. The quantitative estimate of drug-likeness (QED) is 0.724. The molecule has 0 saturated heterocycles. The first-order chi connectivity index (χ1) is 9.16. The summed E-state index contributed by atoms with van der Waals surface area (Å²) >= 11 is 0. The third-order valence-electron chi connectivity index (χ3n) is 2.81. The number of nitrogens with one attached hydrogen (secondary N) is 1. The summed E-state index contributed by atoms with van der Waals surface area (Å²) in [5.74, 6) is -0.669. The Morgan fingerprint density at radius 1 is 1.21 bits per heavy atom. The number of hydrogen-bond donors (Lipinski definition) is 2. The Balaban J connectivity index is 2.21. The van der Waals surface area contributed by atoms with E-state index in [4.69, 9.17) is 5.11 Å². The minimum absolute atomic E-state index is 0.0802. The molecule has 2 aromatic heterocycles. The topological polar surface area (TPSA) is 88.0 Å². The Hall–Kier alpha value is -2.89. The number of aromatic carboxylic acids is 1. The van der Waals surface area contributed by atoms with Gasteiger partial charge in [0.05, 0.1) is 16.6 Å². The Morgan fingerprint density at radius 2 is 2.00 bits per heavy atom. The molecular formula is C13H9N3O3. The van der Waals surface area contributed by atoms with Gasteiger partial charge < -0.3 is 10.1 Å². The van der Waals surface area contributed by atoms with Crippen molar-refractivity contribution in [1.29, 1.82) is 0 Å². The van der Waals surface area contributed by atoms with Crippen molar-refractivity contribution in [2.24, 2.45) is 0 Å². The lowest BCUT2D eigenvalue weighted by atomic mass is 10.3. The molecule has 0 amide bonds. The Bertz CT molecular complexity index is 815. The van der Waals surface area contributed by atoms with E-state index in [2.05, 4.69) is 9.97 Å². The predicted octanol–water partition coefficient (Wildman–Crippen LogP) is 1.41. The monoisotopic (exact) mass is 255 g/mol. The van der Waals surface area contributed by atoms with Gasteiger partial charge in [0.15, 0.2) is 0 Å². The lowest BCUT2D eigenvalue weighted by molar-refractivity contribution is 0.0696. The molecule has 0 aliphatic carbocycles. The third kappa shape index (κ3) is 1.79. The summed E-state index contributed by atoms with van der Waals surface area (Å²) in [7, 11) is 0. The van der Waals surface area contributed by atoms with Crippen LogP contribution in [0.5, 0.6) is 0 Å². The van der Waals surface area contributed by atoms with Crippen LogP contribution >= 0.6 is 0 Å². The van der Waals surface area contributed by atoms with E-state index in [9.17, 15) is 9.59 Å². The van der Waals surface area contributed by atoms with Crippen molar-refractivity contribution in [3.63, 3.8) is 0 Å². The fourth-order valence-corrected chi connectivity index (χ4v) is 1.93. The first-order valence-corrected chi connectivity index (χ1v) is 5.56. The molecule has 19 heavy (non-hydrogen) atoms. The van der Waals surface area contributed by atoms with Gasteiger partial charge in [0, 0.05) is 6.20 Å². The van der Waals surface area contributed by atoms with E-state index >= 15 is 0 Å². The summed E-state index contributed by atoms with van der Waals surface area (Å²) in [6.45, 7) is 0. The van der Waals surface area contributed by atoms with Crippen LogP contribution in [0.4, 0.5) is 0 Å². The largest absolute Gasteiger partial charge is 0.478 e. The zero-order valence-electron chi connectivity index (χ0n) is 9.70. The molecule has 0 aliphatic heterocycles. The number of benzene rings is 1. The van der Waals surface area contributed by atoms with Gasteiger partial charge >= 0.3 is 11.7 Å². The van der Waals surface area contributed by atoms with Gasteiger partial charge in [-0.2, -0.15) is 0 Å². The molecule has 94 valence electrons. The third-order valence-corrected chi connectivity index (χ3v) is 2.81. The molecule has 3 aromatic rings. The zero-order chi connectivity index (χ0) is 13.4. The molecule has 2 heterocycles. The van der Waals surface area contributed by atoms with Crippen LogP contribution in [-0.2, 0) is 0 Å². The molecule has 6 heteroatoms. The Kier molecular flexibility index (Phi) is 2.42. The standard InChI is InChI=1S/C13H9N3O3/c17-12(18)8-5-6-11(14-7-8)16-10-4-2-1-3-9(10)15-13(16)19/h1-7H,(H,15,19)(H,17,18). The second-order valence-electron chi connectivity index (χ2n) is 3.99. The molecule has 0 spiro atoms. The van der Waals surface area contributed by atoms with Crippen molar-refractivity contribution in [2.45, 2.75) is 0 Å². The number of rotatable bonds is 2. The molecule has 3 rings (SSSR count). The van der Waals surface area contributed by atoms with Gasteiger partial charge in [-0.05, 0) is 24.3 Å². The van der Waals surface area contributed by atoms with Crippen LogP contribution in [0.15, 0.2) is 47.4 Å². The van der Waals surface area contributed by atoms with E-state index < -0.39 is 5.97 Å². The van der Waals surface area contributed by atoms with Crippen molar-refractivity contribution in [1.82, 2.24) is 14.5 Å². The number of imidazole rings is 1. The number of carboxylic acids is 1. The highest BCUT2D eigenvalue weighted by molar-refractivity contribution is 5.87. The van der Waals surface area contributed by atoms with Gasteiger partial charge in [-0.15, -0.1) is 0 Å². The van der Waals surface area contributed by atoms with Crippen molar-refractivity contribution < 1.29 is 9.90 Å². The van der Waals surface area contributed by atoms with Crippen molar-refractivity contribution >= 4 is 17.0 Å². The molecule has 0 aliphatic rings. The lowest BCUT2D eigenvalue weighted by Crippen LogP contribution is -2.16. The van der Waals surface area contributed by atoms with Crippen molar-refractivity contribution in [3.05, 3.63) is 58.6 Å². The summed E-state index contributed by atoms with van der Waals surface area (Å²) in [5.41, 5.74) is 1.17. The Morgan fingerprint density at radius 3 is 2.68 bits per heavy atom. The average Bonchev–Trinajstić information content (AvgIpc) is 2.74. The van der Waals surface area contributed by atoms with Gasteiger partial charge in [0.25, 0.3) is 0 Å². The number of carboxylic acid groups (broad SMARTS) is 1. The number of aromatic nitrogens is 3. The van der Waals surface area contributed by atoms with E-state index in [1.807, 2.05) is 12.1 Å². The van der Waals surface area contributed by atoms with E-state index in [1.54, 1.807) is 12.1 Å². The van der Waals surface area contributed by atoms with Crippen LogP contribution in [0.25, 0.3) is 16.9 Å². The molecule has 0 fully saturated rings. The molecule has 6 nitrogen and oxygen atoms in total. The Labute approximate surface area is 107 Å². The summed E-state index contributed by atoms with van der Waals surface area (Å²) < 4.78 is 1.40. The highest BCUT2D eigenvalue weighted by Crippen LogP contribution is 2.13. The summed E-state index contributed by atoms with van der Waals surface area (Å²) in [6.07, 6.45) is 1.23. The highest BCUT2D eigenvalue weighted by atomic mass is 16.4. The normalized spacial score (nSPS) is 10.7. The molecule has 2 N–H and O–H groups in total. The molecule has 0 radical (unpaired) electrons. The summed E-state index contributed by atoms with van der Waals surface area (Å²) in [6, 6.07) is 10.1. The lowest BCUT2D eigenvalue weighted by Gasteiger charge is -2.02. The smallest absolute Gasteiger partial charge is 0.337 e. The van der Waals surface area contributed by atoms with E-state index in [-0.39, 0.29) is 11.3 Å². The molecule has 1 aromatic carbocycles. The fraction of sp³-hybridized carbons (Fsp3) is 0. The van der Waals surface area contributed by atoms with Gasteiger partial charge in [-0.1, -0.05) is 12.1 Å². The van der Waals surface area contributed by atoms with Crippen LogP contribution in [-0.4, -0.2) is 25.6 Å². The fourth-order valence-electron chi connectivity index (χ4n) is 1.93. The minimum atomic E-state index is -1.05. The first kappa shape index (κ1) is 11.2. The molecule has 0 atom stereocenters. The SMILES string of the molecule is O=C(O)c1ccc(-n2c(=O)[nH]c3ccccc32)nc1. The number of aromatic amines is 1. The summed E-state index contributed by atoms with van der Waals surface area (Å²) in [5, 5.41) is 8.82. The maximum absolute atomic E-state index is 11.9. The predicted molar refractivity (Wildman–Crippen MR) is 68.7 cm³/mol. The maximum Gasteiger partial charge on any atom is 0.337 e. The maximum atomic E-state index is 11.9. The van der Waals surface area contributed by atoms with Crippen LogP contribution in [0, 0.1) is 0 Å². The van der Waals surface area contributed by atoms with E-state index in [1.165, 1.54) is 22.9 Å². The number of para-hydroxylation sites is 2. The molecular weight excluding hydrogens is 246 g/mol. The minimum Gasteiger partial charge on any atom is -0.478 e. The van der Waals surface area contributed by atoms with E-state index in [0.717, 1.165) is 0 Å². The van der Waals surface area contributed by atoms with Crippen molar-refractivity contribution in [3.8, 4) is 5.82 Å². The van der Waals surface area contributed by atoms with Gasteiger partial charge in [0.2, 0.25) is 0 Å². The number of fused-ring (bicyclic) bond motifs is 1. The van der Waals surface area contributed by atoms with E-state index in [0.29, 0.717) is 16.9 Å². The van der Waals surface area contributed by atoms with Crippen molar-refractivity contribution in [2.75, 3.05) is 0 Å². The highest BCUT2D eigenvalue weighted by Gasteiger charge is 2.10. The first-order valence-electron chi connectivity index (χ1n) is 5.56. The number of H-pyrrole nitrogens is 1. The van der Waals surface area contributed by atoms with Crippen LogP contribution in [0.3, 0.4) is 0 Å². The number of pyridine rings is 1. The second kappa shape index (κ2) is 4.09. The molecule has 0 bridgehead atoms. The number of nitrogens with zero attached hydrogens (tertiary/aromatic N) is 2. The van der Waals surface area contributed by atoms with Crippen LogP contribution < -0.4 is 5.69 Å².